The monoisotopic (exact) mass is 203 g/mol. The molecule has 1 saturated heterocycles. The smallest absolute Gasteiger partial charge is 0.249 e. The average molecular weight is 203 g/mol. The molecule has 5 heteroatoms. The molecule has 2 rings (SSSR count). The zero-order valence-corrected chi connectivity index (χ0v) is 7.93. The fourth-order valence-electron chi connectivity index (χ4n) is 1.24. The Balaban J connectivity index is 2.08. The lowest BCUT2D eigenvalue weighted by Gasteiger charge is -2.33. The number of nitrogens with zero attached hydrogens (tertiary/aromatic N) is 2. The topological polar surface area (TPSA) is 75.0 Å². The van der Waals surface area contributed by atoms with Crippen molar-refractivity contribution < 1.29 is 9.53 Å². The number of nitrogens with one attached hydrogen (secondary N) is 1. The Morgan fingerprint density at radius 3 is 2.93 bits per heavy atom. The number of pyridine rings is 1. The maximum atomic E-state index is 11.7. The van der Waals surface area contributed by atoms with E-state index >= 15 is 0 Å². The third-order valence-electron chi connectivity index (χ3n) is 2.26. The van der Waals surface area contributed by atoms with Gasteiger partial charge in [0.05, 0.1) is 31.2 Å². The number of rotatable bonds is 2. The molecule has 1 aliphatic heterocycles. The first-order valence-electron chi connectivity index (χ1n) is 4.47. The minimum Gasteiger partial charge on any atom is -0.377 e. The van der Waals surface area contributed by atoms with Crippen LogP contribution in [0.3, 0.4) is 0 Å². The maximum Gasteiger partial charge on any atom is 0.249 e. The van der Waals surface area contributed by atoms with E-state index in [-0.39, 0.29) is 19.1 Å². The van der Waals surface area contributed by atoms with Crippen molar-refractivity contribution in [3.05, 3.63) is 24.5 Å². The third kappa shape index (κ3) is 1.67. The summed E-state index contributed by atoms with van der Waals surface area (Å²) in [6.45, 7) is 0.325. The summed E-state index contributed by atoms with van der Waals surface area (Å²) >= 11 is 0. The highest BCUT2D eigenvalue weighted by Crippen LogP contribution is 2.27. The summed E-state index contributed by atoms with van der Waals surface area (Å²) < 4.78 is 4.89. The first-order valence-corrected chi connectivity index (χ1v) is 4.47. The van der Waals surface area contributed by atoms with E-state index in [9.17, 15) is 4.79 Å². The van der Waals surface area contributed by atoms with Crippen molar-refractivity contribution in [2.75, 3.05) is 18.5 Å². The molecular weight excluding hydrogens is 194 g/mol. The molecule has 0 aromatic carbocycles. The minimum atomic E-state index is -1.02. The number of aromatic nitrogens is 1. The highest BCUT2D eigenvalue weighted by atomic mass is 16.5. The van der Waals surface area contributed by atoms with Gasteiger partial charge >= 0.3 is 0 Å². The minimum absolute atomic E-state index is 0.162. The number of nitriles is 1. The second kappa shape index (κ2) is 3.67. The Morgan fingerprint density at radius 1 is 1.67 bits per heavy atom. The molecule has 2 heterocycles. The maximum absolute atomic E-state index is 11.7. The van der Waals surface area contributed by atoms with Crippen LogP contribution in [-0.2, 0) is 9.53 Å². The predicted molar refractivity (Wildman–Crippen MR) is 51.7 cm³/mol. The molecule has 15 heavy (non-hydrogen) atoms. The highest BCUT2D eigenvalue weighted by Gasteiger charge is 2.46. The summed E-state index contributed by atoms with van der Waals surface area (Å²) in [7, 11) is 0. The van der Waals surface area contributed by atoms with Crippen molar-refractivity contribution >= 4 is 11.6 Å². The van der Waals surface area contributed by atoms with E-state index in [1.165, 1.54) is 6.20 Å². The summed E-state index contributed by atoms with van der Waals surface area (Å²) in [6.07, 6.45) is 3.14. The van der Waals surface area contributed by atoms with E-state index < -0.39 is 5.41 Å². The van der Waals surface area contributed by atoms with Crippen LogP contribution >= 0.6 is 0 Å². The summed E-state index contributed by atoms with van der Waals surface area (Å²) in [5, 5.41) is 11.5. The molecule has 76 valence electrons. The van der Waals surface area contributed by atoms with Gasteiger partial charge in [0, 0.05) is 6.20 Å². The van der Waals surface area contributed by atoms with Crippen molar-refractivity contribution in [1.29, 1.82) is 5.26 Å². The van der Waals surface area contributed by atoms with E-state index in [1.54, 1.807) is 18.3 Å². The van der Waals surface area contributed by atoms with Crippen LogP contribution < -0.4 is 5.32 Å². The average Bonchev–Trinajstić information content (AvgIpc) is 2.18. The Bertz CT molecular complexity index is 406. The van der Waals surface area contributed by atoms with E-state index in [0.29, 0.717) is 5.69 Å². The van der Waals surface area contributed by atoms with Gasteiger partial charge in [-0.3, -0.25) is 9.78 Å². The zero-order valence-electron chi connectivity index (χ0n) is 7.93. The van der Waals surface area contributed by atoms with E-state index in [0.717, 1.165) is 0 Å². The molecule has 0 atom stereocenters. The lowest BCUT2D eigenvalue weighted by atomic mass is 9.87. The van der Waals surface area contributed by atoms with Crippen LogP contribution in [0.2, 0.25) is 0 Å². The van der Waals surface area contributed by atoms with Crippen LogP contribution in [0, 0.1) is 16.7 Å². The number of ether oxygens (including phenoxy) is 1. The van der Waals surface area contributed by atoms with Gasteiger partial charge in [-0.15, -0.1) is 0 Å². The Kier molecular flexibility index (Phi) is 2.35. The van der Waals surface area contributed by atoms with Gasteiger partial charge in [0.2, 0.25) is 5.91 Å². The quantitative estimate of drug-likeness (QED) is 0.762. The van der Waals surface area contributed by atoms with Gasteiger partial charge in [-0.1, -0.05) is 0 Å². The van der Waals surface area contributed by atoms with Crippen LogP contribution in [0.1, 0.15) is 0 Å². The van der Waals surface area contributed by atoms with Crippen LogP contribution in [0.15, 0.2) is 24.5 Å². The molecule has 0 saturated carbocycles. The first-order chi connectivity index (χ1) is 7.27. The van der Waals surface area contributed by atoms with Crippen LogP contribution in [0.4, 0.5) is 5.69 Å². The number of amides is 1. The van der Waals surface area contributed by atoms with Gasteiger partial charge in [-0.05, 0) is 12.1 Å². The van der Waals surface area contributed by atoms with Crippen molar-refractivity contribution in [2.45, 2.75) is 0 Å². The fourth-order valence-corrected chi connectivity index (χ4v) is 1.24. The molecule has 0 unspecified atom stereocenters. The molecule has 1 fully saturated rings. The first kappa shape index (κ1) is 9.62. The molecule has 1 aromatic heterocycles. The van der Waals surface area contributed by atoms with Gasteiger partial charge in [0.1, 0.15) is 0 Å². The molecule has 1 N–H and O–H groups in total. The third-order valence-corrected chi connectivity index (χ3v) is 2.26. The van der Waals surface area contributed by atoms with Crippen LogP contribution in [-0.4, -0.2) is 24.1 Å². The standard InChI is InChI=1S/C10H9N3O2/c11-5-10(6-15-7-10)9(14)13-8-2-1-3-12-4-8/h1-4H,6-7H2,(H,13,14). The van der Waals surface area contributed by atoms with Crippen LogP contribution in [0.5, 0.6) is 0 Å². The van der Waals surface area contributed by atoms with E-state index in [4.69, 9.17) is 10.00 Å². The van der Waals surface area contributed by atoms with Gasteiger partial charge < -0.3 is 10.1 Å². The Hall–Kier alpha value is -1.93. The molecule has 1 aromatic rings. The van der Waals surface area contributed by atoms with Crippen LogP contribution in [0.25, 0.3) is 0 Å². The van der Waals surface area contributed by atoms with Crippen molar-refractivity contribution in [3.8, 4) is 6.07 Å². The predicted octanol–water partition coefficient (Wildman–Crippen LogP) is 0.560. The number of anilines is 1. The molecule has 0 aliphatic carbocycles. The van der Waals surface area contributed by atoms with Gasteiger partial charge in [-0.2, -0.15) is 5.26 Å². The molecule has 5 nitrogen and oxygen atoms in total. The molecule has 0 spiro atoms. The van der Waals surface area contributed by atoms with E-state index in [1.807, 2.05) is 6.07 Å². The molecule has 1 amide bonds. The largest absolute Gasteiger partial charge is 0.377 e. The lowest BCUT2D eigenvalue weighted by Crippen LogP contribution is -2.50. The molecular formula is C10H9N3O2. The summed E-state index contributed by atoms with van der Waals surface area (Å²) in [4.78, 5) is 15.6. The normalized spacial score (nSPS) is 17.3. The Morgan fingerprint density at radius 2 is 2.47 bits per heavy atom. The molecule has 0 radical (unpaired) electrons. The number of hydrogen-bond acceptors (Lipinski definition) is 4. The fraction of sp³-hybridized carbons (Fsp3) is 0.300. The molecule has 1 aliphatic rings. The van der Waals surface area contributed by atoms with Gasteiger partial charge in [0.25, 0.3) is 0 Å². The Labute approximate surface area is 86.7 Å². The summed E-state index contributed by atoms with van der Waals surface area (Å²) in [5.41, 5.74) is -0.431. The number of carbonyl (C=O) groups excluding carboxylic acids is 1. The van der Waals surface area contributed by atoms with E-state index in [2.05, 4.69) is 10.3 Å². The van der Waals surface area contributed by atoms with Gasteiger partial charge in [0.15, 0.2) is 5.41 Å². The molecule has 0 bridgehead atoms. The summed E-state index contributed by atoms with van der Waals surface area (Å²) in [5.74, 6) is -0.329. The highest BCUT2D eigenvalue weighted by molar-refractivity contribution is 5.97. The summed E-state index contributed by atoms with van der Waals surface area (Å²) in [6, 6.07) is 5.41. The van der Waals surface area contributed by atoms with Crippen molar-refractivity contribution in [2.24, 2.45) is 5.41 Å². The van der Waals surface area contributed by atoms with Crippen molar-refractivity contribution in [1.82, 2.24) is 4.98 Å². The second-order valence-corrected chi connectivity index (χ2v) is 3.38. The SMILES string of the molecule is N#CC1(C(=O)Nc2cccnc2)COC1. The van der Waals surface area contributed by atoms with Gasteiger partial charge in [-0.25, -0.2) is 0 Å². The second-order valence-electron chi connectivity index (χ2n) is 3.38. The number of carbonyl (C=O) groups is 1. The lowest BCUT2D eigenvalue weighted by molar-refractivity contribution is -0.144. The van der Waals surface area contributed by atoms with Crippen molar-refractivity contribution in [3.63, 3.8) is 0 Å². The zero-order chi connectivity index (χ0) is 10.7. The number of hydrogen-bond donors (Lipinski definition) is 1.